The van der Waals surface area contributed by atoms with Gasteiger partial charge in [-0.2, -0.15) is 18.3 Å². The molecule has 0 saturated heterocycles. The van der Waals surface area contributed by atoms with Gasteiger partial charge in [-0.3, -0.25) is 9.48 Å². The van der Waals surface area contributed by atoms with Crippen LogP contribution >= 0.6 is 0 Å². The Bertz CT molecular complexity index is 1170. The molecule has 4 rings (SSSR count). The predicted molar refractivity (Wildman–Crippen MR) is 120 cm³/mol. The van der Waals surface area contributed by atoms with Gasteiger partial charge in [0.25, 0.3) is 5.91 Å². The van der Waals surface area contributed by atoms with E-state index in [2.05, 4.69) is 12.2 Å². The standard InChI is InChI=1S/C25H28F3N3O/c1-23(2,3)19-14-20-17(15-31(30-20)11-10-24(4)8-9-24)13-21(19)29-22(32)16-6-5-7-18(12-16)25(26,27)28/h5-7,12-15H,8-11H2,1-4H3,(H,29,32). The first-order valence-electron chi connectivity index (χ1n) is 10.8. The summed E-state index contributed by atoms with van der Waals surface area (Å²) < 4.78 is 41.1. The van der Waals surface area contributed by atoms with E-state index in [0.29, 0.717) is 11.1 Å². The third-order valence-corrected chi connectivity index (χ3v) is 6.25. The van der Waals surface area contributed by atoms with E-state index in [4.69, 9.17) is 5.10 Å². The second-order valence-electron chi connectivity index (χ2n) is 10.2. The first-order valence-corrected chi connectivity index (χ1v) is 10.8. The Hall–Kier alpha value is -2.83. The summed E-state index contributed by atoms with van der Waals surface area (Å²) in [7, 11) is 0. The van der Waals surface area contributed by atoms with Gasteiger partial charge < -0.3 is 5.32 Å². The quantitative estimate of drug-likeness (QED) is 0.472. The number of carbonyl (C=O) groups is 1. The number of alkyl halides is 3. The molecule has 1 aliphatic carbocycles. The number of aryl methyl sites for hydroxylation is 1. The molecule has 1 fully saturated rings. The van der Waals surface area contributed by atoms with Crippen molar-refractivity contribution in [2.45, 2.75) is 65.1 Å². The third-order valence-electron chi connectivity index (χ3n) is 6.25. The number of hydrogen-bond acceptors (Lipinski definition) is 2. The summed E-state index contributed by atoms with van der Waals surface area (Å²) in [5.74, 6) is -0.574. The van der Waals surface area contributed by atoms with Gasteiger partial charge in [-0.15, -0.1) is 0 Å². The van der Waals surface area contributed by atoms with Gasteiger partial charge >= 0.3 is 6.18 Å². The second kappa shape index (κ2) is 7.64. The van der Waals surface area contributed by atoms with Crippen LogP contribution in [0.3, 0.4) is 0 Å². The smallest absolute Gasteiger partial charge is 0.322 e. The Labute approximate surface area is 185 Å². The molecule has 1 N–H and O–H groups in total. The summed E-state index contributed by atoms with van der Waals surface area (Å²) in [6.07, 6.45) is 1.05. The Kier molecular flexibility index (Phi) is 5.34. The molecule has 0 spiro atoms. The number of anilines is 1. The van der Waals surface area contributed by atoms with E-state index in [1.54, 1.807) is 0 Å². The molecular weight excluding hydrogens is 415 g/mol. The number of amides is 1. The van der Waals surface area contributed by atoms with Crippen molar-refractivity contribution in [1.82, 2.24) is 9.78 Å². The molecule has 1 aliphatic rings. The maximum absolute atomic E-state index is 13.1. The Morgan fingerprint density at radius 2 is 1.88 bits per heavy atom. The van der Waals surface area contributed by atoms with Crippen molar-refractivity contribution in [2.24, 2.45) is 5.41 Å². The van der Waals surface area contributed by atoms with Crippen molar-refractivity contribution in [3.8, 4) is 0 Å². The predicted octanol–water partition coefficient (Wildman–Crippen LogP) is 6.80. The third kappa shape index (κ3) is 4.81. The van der Waals surface area contributed by atoms with E-state index < -0.39 is 17.6 Å². The minimum atomic E-state index is -4.50. The average molecular weight is 444 g/mol. The average Bonchev–Trinajstić information content (AvgIpc) is 3.30. The lowest BCUT2D eigenvalue weighted by molar-refractivity contribution is -0.137. The maximum atomic E-state index is 13.1. The maximum Gasteiger partial charge on any atom is 0.416 e. The highest BCUT2D eigenvalue weighted by Crippen LogP contribution is 2.48. The highest BCUT2D eigenvalue weighted by Gasteiger charge is 2.36. The topological polar surface area (TPSA) is 46.9 Å². The zero-order valence-corrected chi connectivity index (χ0v) is 18.8. The van der Waals surface area contributed by atoms with E-state index in [0.717, 1.165) is 41.6 Å². The summed E-state index contributed by atoms with van der Waals surface area (Å²) >= 11 is 0. The lowest BCUT2D eigenvalue weighted by atomic mass is 9.85. The summed E-state index contributed by atoms with van der Waals surface area (Å²) in [6, 6.07) is 8.30. The normalized spacial score (nSPS) is 15.7. The molecular formula is C25H28F3N3O. The Morgan fingerprint density at radius 3 is 2.50 bits per heavy atom. The molecule has 1 aromatic heterocycles. The van der Waals surface area contributed by atoms with E-state index in [1.165, 1.54) is 25.0 Å². The lowest BCUT2D eigenvalue weighted by Crippen LogP contribution is -2.19. The monoisotopic (exact) mass is 443 g/mol. The van der Waals surface area contributed by atoms with Crippen LogP contribution in [0.4, 0.5) is 18.9 Å². The first kappa shape index (κ1) is 22.4. The number of carbonyl (C=O) groups excluding carboxylic acids is 1. The van der Waals surface area contributed by atoms with Crippen molar-refractivity contribution < 1.29 is 18.0 Å². The van der Waals surface area contributed by atoms with Gasteiger partial charge in [0.1, 0.15) is 0 Å². The van der Waals surface area contributed by atoms with E-state index in [-0.39, 0.29) is 11.0 Å². The van der Waals surface area contributed by atoms with Gasteiger partial charge in [0.2, 0.25) is 0 Å². The van der Waals surface area contributed by atoms with Gasteiger partial charge in [0.05, 0.1) is 11.1 Å². The molecule has 1 heterocycles. The van der Waals surface area contributed by atoms with Gasteiger partial charge in [-0.05, 0) is 66.0 Å². The van der Waals surface area contributed by atoms with E-state index in [9.17, 15) is 18.0 Å². The molecule has 0 unspecified atom stereocenters. The number of rotatable bonds is 5. The van der Waals surface area contributed by atoms with Crippen LogP contribution in [0.25, 0.3) is 10.9 Å². The highest BCUT2D eigenvalue weighted by molar-refractivity contribution is 6.06. The van der Waals surface area contributed by atoms with Crippen molar-refractivity contribution in [2.75, 3.05) is 5.32 Å². The molecule has 1 saturated carbocycles. The van der Waals surface area contributed by atoms with Gasteiger partial charge in [0, 0.05) is 29.4 Å². The number of hydrogen-bond donors (Lipinski definition) is 1. The lowest BCUT2D eigenvalue weighted by Gasteiger charge is -2.23. The number of nitrogens with one attached hydrogen (secondary N) is 1. The van der Waals surface area contributed by atoms with Crippen LogP contribution in [0.5, 0.6) is 0 Å². The Balaban J connectivity index is 1.65. The fourth-order valence-corrected chi connectivity index (χ4v) is 3.84. The zero-order valence-electron chi connectivity index (χ0n) is 18.8. The largest absolute Gasteiger partial charge is 0.416 e. The van der Waals surface area contributed by atoms with Crippen LogP contribution in [0, 0.1) is 5.41 Å². The molecule has 32 heavy (non-hydrogen) atoms. The minimum absolute atomic E-state index is 0.0341. The number of benzene rings is 2. The summed E-state index contributed by atoms with van der Waals surface area (Å²) in [6.45, 7) is 9.20. The van der Waals surface area contributed by atoms with Crippen LogP contribution in [0.2, 0.25) is 0 Å². The molecule has 1 amide bonds. The van der Waals surface area contributed by atoms with Crippen molar-refractivity contribution in [3.05, 3.63) is 59.3 Å². The van der Waals surface area contributed by atoms with Gasteiger partial charge in [0.15, 0.2) is 0 Å². The molecule has 0 atom stereocenters. The van der Waals surface area contributed by atoms with E-state index in [1.807, 2.05) is 43.8 Å². The molecule has 0 radical (unpaired) electrons. The molecule has 4 nitrogen and oxygen atoms in total. The van der Waals surface area contributed by atoms with Crippen LogP contribution < -0.4 is 5.32 Å². The van der Waals surface area contributed by atoms with Crippen molar-refractivity contribution >= 4 is 22.5 Å². The molecule has 2 aromatic carbocycles. The fourth-order valence-electron chi connectivity index (χ4n) is 3.84. The Morgan fingerprint density at radius 1 is 1.16 bits per heavy atom. The summed E-state index contributed by atoms with van der Waals surface area (Å²) in [4.78, 5) is 12.8. The number of nitrogens with zero attached hydrogens (tertiary/aromatic N) is 2. The van der Waals surface area contributed by atoms with Crippen molar-refractivity contribution in [1.29, 1.82) is 0 Å². The number of aromatic nitrogens is 2. The van der Waals surface area contributed by atoms with Crippen LogP contribution in [0.15, 0.2) is 42.6 Å². The number of halogens is 3. The molecule has 3 aromatic rings. The summed E-state index contributed by atoms with van der Waals surface area (Å²) in [5.41, 5.74) is 1.56. The van der Waals surface area contributed by atoms with Crippen LogP contribution in [0.1, 0.15) is 68.4 Å². The molecule has 170 valence electrons. The molecule has 0 aliphatic heterocycles. The summed E-state index contributed by atoms with van der Waals surface area (Å²) in [5, 5.41) is 8.44. The van der Waals surface area contributed by atoms with Crippen molar-refractivity contribution in [3.63, 3.8) is 0 Å². The SMILES string of the molecule is CC1(CCn2cc3cc(NC(=O)c4cccc(C(F)(F)F)c4)c(C(C)(C)C)cc3n2)CC1. The fraction of sp³-hybridized carbons (Fsp3) is 0.440. The zero-order chi connectivity index (χ0) is 23.3. The molecule has 0 bridgehead atoms. The number of fused-ring (bicyclic) bond motifs is 1. The van der Waals surface area contributed by atoms with Gasteiger partial charge in [-0.1, -0.05) is 33.8 Å². The van der Waals surface area contributed by atoms with E-state index >= 15 is 0 Å². The van der Waals surface area contributed by atoms with Crippen LogP contribution in [-0.2, 0) is 18.1 Å². The second-order valence-corrected chi connectivity index (χ2v) is 10.2. The van der Waals surface area contributed by atoms with Gasteiger partial charge in [-0.25, -0.2) is 0 Å². The first-order chi connectivity index (χ1) is 14.8. The minimum Gasteiger partial charge on any atom is -0.322 e. The van der Waals surface area contributed by atoms with Crippen LogP contribution in [-0.4, -0.2) is 15.7 Å². The highest BCUT2D eigenvalue weighted by atomic mass is 19.4. The molecule has 7 heteroatoms.